The summed E-state index contributed by atoms with van der Waals surface area (Å²) in [7, 11) is 1.79. The molecule has 148 valence electrons. The first-order chi connectivity index (χ1) is 13.0. The highest BCUT2D eigenvalue weighted by Crippen LogP contribution is 2.39. The van der Waals surface area contributed by atoms with Crippen molar-refractivity contribution in [2.75, 3.05) is 13.6 Å². The molecule has 1 amide bonds. The van der Waals surface area contributed by atoms with Gasteiger partial charge in [-0.05, 0) is 44.2 Å². The predicted molar refractivity (Wildman–Crippen MR) is 107 cm³/mol. The van der Waals surface area contributed by atoms with Crippen LogP contribution in [0.1, 0.15) is 56.5 Å². The lowest BCUT2D eigenvalue weighted by atomic mass is 9.71. The largest absolute Gasteiger partial charge is 0.486 e. The van der Waals surface area contributed by atoms with Crippen LogP contribution in [0.25, 0.3) is 0 Å². The minimum absolute atomic E-state index is 0.0646. The maximum Gasteiger partial charge on any atom is 0.257 e. The first-order valence-corrected chi connectivity index (χ1v) is 9.77. The molecule has 0 saturated carbocycles. The number of ether oxygens (including phenoxy) is 1. The summed E-state index contributed by atoms with van der Waals surface area (Å²) in [4.78, 5) is 27.0. The highest BCUT2D eigenvalue weighted by atomic mass is 16.5. The molecule has 0 aromatic heterocycles. The second kappa shape index (κ2) is 7.09. The molecule has 1 aromatic rings. The van der Waals surface area contributed by atoms with E-state index in [9.17, 15) is 14.9 Å². The van der Waals surface area contributed by atoms with E-state index in [4.69, 9.17) is 4.74 Å². The monoisotopic (exact) mass is 380 g/mol. The average Bonchev–Trinajstić information content (AvgIpc) is 2.95. The lowest BCUT2D eigenvalue weighted by molar-refractivity contribution is -0.124. The molecule has 1 heterocycles. The third-order valence-corrected chi connectivity index (χ3v) is 5.66. The Hall–Kier alpha value is -2.61. The number of rotatable bonds is 4. The lowest BCUT2D eigenvalue weighted by Gasteiger charge is -2.32. The van der Waals surface area contributed by atoms with Gasteiger partial charge in [-0.2, -0.15) is 5.26 Å². The number of nitrogens with zero attached hydrogens (tertiary/aromatic N) is 2. The third-order valence-electron chi connectivity index (χ3n) is 5.66. The molecule has 0 fully saturated rings. The van der Waals surface area contributed by atoms with Crippen molar-refractivity contribution in [3.8, 4) is 11.8 Å². The summed E-state index contributed by atoms with van der Waals surface area (Å²) >= 11 is 0. The molecule has 2 aliphatic rings. The van der Waals surface area contributed by atoms with Gasteiger partial charge in [-0.3, -0.25) is 9.59 Å². The Bertz CT molecular complexity index is 890. The fourth-order valence-electron chi connectivity index (χ4n) is 4.21. The molecule has 0 saturated heterocycles. The Kier molecular flexibility index (Phi) is 5.10. The molecule has 0 radical (unpaired) electrons. The maximum atomic E-state index is 13.0. The van der Waals surface area contributed by atoms with Crippen LogP contribution in [0.4, 0.5) is 0 Å². The summed E-state index contributed by atoms with van der Waals surface area (Å²) in [5.41, 5.74) is 1.08. The molecule has 1 aromatic carbocycles. The van der Waals surface area contributed by atoms with Gasteiger partial charge in [-0.1, -0.05) is 32.1 Å². The van der Waals surface area contributed by atoms with Crippen LogP contribution < -0.4 is 4.74 Å². The fourth-order valence-corrected chi connectivity index (χ4v) is 4.21. The Morgan fingerprint density at radius 1 is 1.32 bits per heavy atom. The average molecular weight is 380 g/mol. The van der Waals surface area contributed by atoms with Crippen LogP contribution in [-0.2, 0) is 11.2 Å². The number of nitriles is 1. The Labute approximate surface area is 167 Å². The molecule has 0 N–H and O–H groups in total. The molecule has 5 heteroatoms. The zero-order chi connectivity index (χ0) is 20.7. The van der Waals surface area contributed by atoms with Crippen molar-refractivity contribution >= 4 is 11.7 Å². The van der Waals surface area contributed by atoms with Gasteiger partial charge in [-0.15, -0.1) is 0 Å². The van der Waals surface area contributed by atoms with Gasteiger partial charge in [0.1, 0.15) is 17.4 Å². The Balaban J connectivity index is 1.70. The molecule has 3 rings (SSSR count). The van der Waals surface area contributed by atoms with Crippen LogP contribution in [0.2, 0.25) is 0 Å². The number of carbonyl (C=O) groups is 2. The summed E-state index contributed by atoms with van der Waals surface area (Å²) in [5, 5.41) is 9.24. The van der Waals surface area contributed by atoms with Gasteiger partial charge in [0, 0.05) is 25.4 Å². The van der Waals surface area contributed by atoms with E-state index in [2.05, 4.69) is 0 Å². The van der Waals surface area contributed by atoms with Crippen molar-refractivity contribution in [2.24, 2.45) is 11.3 Å². The molecule has 0 spiro atoms. The number of ketones is 1. The number of Topliss-reactive ketones (excluding diaryl/α,β-unsaturated/α-hetero) is 1. The molecule has 5 nitrogen and oxygen atoms in total. The number of hydrogen-bond donors (Lipinski definition) is 0. The Morgan fingerprint density at radius 2 is 2.04 bits per heavy atom. The van der Waals surface area contributed by atoms with Crippen molar-refractivity contribution in [3.05, 3.63) is 41.0 Å². The molecule has 0 unspecified atom stereocenters. The van der Waals surface area contributed by atoms with Gasteiger partial charge in [0.05, 0.1) is 11.1 Å². The summed E-state index contributed by atoms with van der Waals surface area (Å²) < 4.78 is 6.03. The number of fused-ring (bicyclic) bond motifs is 1. The second-order valence-electron chi connectivity index (χ2n) is 9.22. The minimum Gasteiger partial charge on any atom is -0.486 e. The van der Waals surface area contributed by atoms with Crippen LogP contribution in [0.5, 0.6) is 5.75 Å². The van der Waals surface area contributed by atoms with Gasteiger partial charge in [0.2, 0.25) is 0 Å². The summed E-state index contributed by atoms with van der Waals surface area (Å²) in [6.07, 6.45) is 3.97. The van der Waals surface area contributed by atoms with E-state index in [1.165, 1.54) is 0 Å². The van der Waals surface area contributed by atoms with Gasteiger partial charge < -0.3 is 9.64 Å². The highest BCUT2D eigenvalue weighted by Gasteiger charge is 2.37. The molecule has 28 heavy (non-hydrogen) atoms. The topological polar surface area (TPSA) is 70.4 Å². The Morgan fingerprint density at radius 3 is 2.71 bits per heavy atom. The molecule has 0 bridgehead atoms. The fraction of sp³-hybridized carbons (Fsp3) is 0.522. The van der Waals surface area contributed by atoms with Gasteiger partial charge in [0.15, 0.2) is 5.78 Å². The number of allylic oxidation sites excluding steroid dienone is 2. The number of benzene rings is 1. The number of hydrogen-bond acceptors (Lipinski definition) is 4. The molecule has 1 atom stereocenters. The zero-order valence-corrected chi connectivity index (χ0v) is 17.3. The van der Waals surface area contributed by atoms with Crippen molar-refractivity contribution in [1.82, 2.24) is 4.90 Å². The van der Waals surface area contributed by atoms with Crippen LogP contribution in [0, 0.1) is 22.7 Å². The lowest BCUT2D eigenvalue weighted by Crippen LogP contribution is -2.34. The molecule has 1 aliphatic heterocycles. The van der Waals surface area contributed by atoms with Crippen molar-refractivity contribution in [3.63, 3.8) is 0 Å². The van der Waals surface area contributed by atoms with Gasteiger partial charge in [-0.25, -0.2) is 0 Å². The van der Waals surface area contributed by atoms with Crippen LogP contribution in [0.3, 0.4) is 0 Å². The van der Waals surface area contributed by atoms with E-state index in [0.29, 0.717) is 30.7 Å². The summed E-state index contributed by atoms with van der Waals surface area (Å²) in [6, 6.07) is 7.76. The third kappa shape index (κ3) is 3.82. The summed E-state index contributed by atoms with van der Waals surface area (Å²) in [5.74, 6) is 0.648. The van der Waals surface area contributed by atoms with Gasteiger partial charge >= 0.3 is 0 Å². The van der Waals surface area contributed by atoms with Crippen molar-refractivity contribution in [1.29, 1.82) is 5.26 Å². The first kappa shape index (κ1) is 20.1. The highest BCUT2D eigenvalue weighted by molar-refractivity contribution is 6.03. The van der Waals surface area contributed by atoms with Crippen LogP contribution in [-0.4, -0.2) is 35.8 Å². The van der Waals surface area contributed by atoms with Crippen LogP contribution >= 0.6 is 0 Å². The van der Waals surface area contributed by atoms with Crippen LogP contribution in [0.15, 0.2) is 29.8 Å². The molecular formula is C23H28N2O3. The maximum absolute atomic E-state index is 13.0. The van der Waals surface area contributed by atoms with E-state index in [-0.39, 0.29) is 28.8 Å². The number of para-hydroxylation sites is 1. The minimum atomic E-state index is -0.535. The number of amides is 1. The van der Waals surface area contributed by atoms with Gasteiger partial charge in [0.25, 0.3) is 5.91 Å². The quantitative estimate of drug-likeness (QED) is 0.794. The van der Waals surface area contributed by atoms with E-state index in [1.807, 2.05) is 52.0 Å². The van der Waals surface area contributed by atoms with Crippen molar-refractivity contribution < 1.29 is 14.3 Å². The number of carbonyl (C=O) groups excluding carboxylic acids is 2. The van der Waals surface area contributed by atoms with E-state index in [1.54, 1.807) is 18.0 Å². The van der Waals surface area contributed by atoms with E-state index in [0.717, 1.165) is 12.0 Å². The zero-order valence-electron chi connectivity index (χ0n) is 17.3. The standard InChI is InChI=1S/C23H28N2O3/c1-22(2)12-15(11-17(14-24)20(22)26)9-10-25(5)21(27)18-8-6-7-16-13-23(3,4)28-19(16)18/h6-8,11,15H,9-10,12-13H2,1-5H3/t15-/m0/s1. The van der Waals surface area contributed by atoms with E-state index < -0.39 is 5.41 Å². The first-order valence-electron chi connectivity index (χ1n) is 9.77. The smallest absolute Gasteiger partial charge is 0.257 e. The summed E-state index contributed by atoms with van der Waals surface area (Å²) in [6.45, 7) is 8.37. The normalized spacial score (nSPS) is 21.9. The molecular weight excluding hydrogens is 352 g/mol. The second-order valence-corrected chi connectivity index (χ2v) is 9.22. The van der Waals surface area contributed by atoms with E-state index >= 15 is 0 Å². The predicted octanol–water partition coefficient (Wildman–Crippen LogP) is 3.93. The molecule has 1 aliphatic carbocycles. The van der Waals surface area contributed by atoms with Crippen molar-refractivity contribution in [2.45, 2.75) is 52.6 Å². The SMILES string of the molecule is CN(CC[C@H]1C=C(C#N)C(=O)C(C)(C)C1)C(=O)c1cccc2c1OC(C)(C)C2.